The third kappa shape index (κ3) is 9.82. The maximum absolute atomic E-state index is 11.4. The van der Waals surface area contributed by atoms with Crippen LogP contribution in [0.5, 0.6) is 0 Å². The fourth-order valence-electron chi connectivity index (χ4n) is 3.70. The minimum atomic E-state index is -0.581. The van der Waals surface area contributed by atoms with Gasteiger partial charge in [0.25, 0.3) is 0 Å². The van der Waals surface area contributed by atoms with Gasteiger partial charge in [-0.1, -0.05) is 50.5 Å². The van der Waals surface area contributed by atoms with Crippen LogP contribution < -0.4 is 5.32 Å². The first-order valence-electron chi connectivity index (χ1n) is 10.7. The van der Waals surface area contributed by atoms with E-state index in [0.717, 1.165) is 38.5 Å². The van der Waals surface area contributed by atoms with Crippen LogP contribution in [-0.4, -0.2) is 57.8 Å². The Morgan fingerprint density at radius 3 is 2.68 bits per heavy atom. The van der Waals surface area contributed by atoms with E-state index in [9.17, 15) is 20.1 Å². The molecule has 0 radical (unpaired) electrons. The van der Waals surface area contributed by atoms with Crippen molar-refractivity contribution in [3.8, 4) is 0 Å². The van der Waals surface area contributed by atoms with Gasteiger partial charge in [0.05, 0.1) is 24.9 Å². The van der Waals surface area contributed by atoms with Gasteiger partial charge in [-0.25, -0.2) is 0 Å². The third-order valence-corrected chi connectivity index (χ3v) is 5.36. The topological polar surface area (TPSA) is 110 Å². The fraction of sp³-hybridized carbons (Fsp3) is 0.773. The van der Waals surface area contributed by atoms with Crippen LogP contribution in [0.15, 0.2) is 24.3 Å². The lowest BCUT2D eigenvalue weighted by molar-refractivity contribution is -0.121. The molecule has 0 heterocycles. The van der Waals surface area contributed by atoms with Crippen LogP contribution in [0.25, 0.3) is 0 Å². The molecule has 1 fully saturated rings. The Balaban J connectivity index is 2.39. The van der Waals surface area contributed by atoms with Crippen molar-refractivity contribution in [2.45, 2.75) is 83.0 Å². The molecule has 0 aliphatic heterocycles. The first kappa shape index (κ1) is 24.8. The van der Waals surface area contributed by atoms with Crippen molar-refractivity contribution in [2.75, 3.05) is 13.2 Å². The highest BCUT2D eigenvalue weighted by Crippen LogP contribution is 2.36. The van der Waals surface area contributed by atoms with Crippen LogP contribution in [0.2, 0.25) is 0 Å². The summed E-state index contributed by atoms with van der Waals surface area (Å²) in [6.45, 7) is 2.37. The Kier molecular flexibility index (Phi) is 13.1. The highest BCUT2D eigenvalue weighted by atomic mass is 16.3. The van der Waals surface area contributed by atoms with Crippen molar-refractivity contribution in [2.24, 2.45) is 11.8 Å². The van der Waals surface area contributed by atoms with Gasteiger partial charge in [0.15, 0.2) is 0 Å². The highest BCUT2D eigenvalue weighted by molar-refractivity contribution is 5.75. The number of hydrogen-bond acceptors (Lipinski definition) is 5. The zero-order valence-corrected chi connectivity index (χ0v) is 17.2. The molecule has 1 amide bonds. The second-order valence-electron chi connectivity index (χ2n) is 7.73. The molecule has 1 saturated carbocycles. The Morgan fingerprint density at radius 2 is 1.96 bits per heavy atom. The Hall–Kier alpha value is -1.21. The number of amides is 1. The first-order valence-corrected chi connectivity index (χ1v) is 10.7. The maximum atomic E-state index is 11.4. The molecule has 162 valence electrons. The second kappa shape index (κ2) is 14.7. The minimum Gasteiger partial charge on any atom is -0.395 e. The molecule has 0 aromatic carbocycles. The Bertz CT molecular complexity index is 480. The molecule has 1 rings (SSSR count). The van der Waals surface area contributed by atoms with Gasteiger partial charge in [-0.2, -0.15) is 0 Å². The molecular weight excluding hydrogens is 358 g/mol. The quantitative estimate of drug-likeness (QED) is 0.228. The molecule has 1 aliphatic rings. The molecule has 1 unspecified atom stereocenters. The lowest BCUT2D eigenvalue weighted by atomic mass is 9.89. The number of aliphatic hydroxyl groups excluding tert-OH is 4. The SMILES string of the molecule is CCCCC[C@H](O)/C=C/C1[C@H](O)C[C@H](O)[C@@H]1C/C=C\CCCC(=O)NCCO. The zero-order chi connectivity index (χ0) is 20.8. The Labute approximate surface area is 169 Å². The summed E-state index contributed by atoms with van der Waals surface area (Å²) in [5, 5.41) is 41.8. The lowest BCUT2D eigenvalue weighted by Crippen LogP contribution is -2.25. The summed E-state index contributed by atoms with van der Waals surface area (Å²) in [6, 6.07) is 0. The molecule has 0 aromatic heterocycles. The largest absolute Gasteiger partial charge is 0.395 e. The van der Waals surface area contributed by atoms with Crippen molar-refractivity contribution in [3.05, 3.63) is 24.3 Å². The van der Waals surface area contributed by atoms with Gasteiger partial charge in [-0.15, -0.1) is 0 Å². The summed E-state index contributed by atoms with van der Waals surface area (Å²) in [4.78, 5) is 11.4. The van der Waals surface area contributed by atoms with E-state index in [1.165, 1.54) is 0 Å². The maximum Gasteiger partial charge on any atom is 0.220 e. The summed E-state index contributed by atoms with van der Waals surface area (Å²) in [7, 11) is 0. The molecule has 0 saturated heterocycles. The van der Waals surface area contributed by atoms with Crippen molar-refractivity contribution in [3.63, 3.8) is 0 Å². The van der Waals surface area contributed by atoms with E-state index >= 15 is 0 Å². The average molecular weight is 398 g/mol. The van der Waals surface area contributed by atoms with Gasteiger partial charge in [0.1, 0.15) is 0 Å². The highest BCUT2D eigenvalue weighted by Gasteiger charge is 2.39. The molecule has 0 bridgehead atoms. The predicted octanol–water partition coefficient (Wildman–Crippen LogP) is 2.07. The monoisotopic (exact) mass is 397 g/mol. The number of allylic oxidation sites excluding steroid dienone is 2. The van der Waals surface area contributed by atoms with E-state index in [4.69, 9.17) is 5.11 Å². The smallest absolute Gasteiger partial charge is 0.220 e. The summed E-state index contributed by atoms with van der Waals surface area (Å²) in [5.74, 6) is -0.262. The van der Waals surface area contributed by atoms with Crippen LogP contribution in [0.3, 0.4) is 0 Å². The molecule has 28 heavy (non-hydrogen) atoms. The predicted molar refractivity (Wildman–Crippen MR) is 111 cm³/mol. The number of hydrogen-bond donors (Lipinski definition) is 5. The molecule has 0 spiro atoms. The van der Waals surface area contributed by atoms with Gasteiger partial charge in [0.2, 0.25) is 5.91 Å². The normalized spacial score (nSPS) is 26.3. The standard InChI is InChI=1S/C22H39NO5/c1-2-3-6-9-17(25)12-13-19-18(20(26)16-21(19)27)10-7-4-5-8-11-22(28)23-14-15-24/h4,7,12-13,17-21,24-27H,2-3,5-6,8-11,14-16H2,1H3,(H,23,28)/b7-4-,13-12+/t17-,18+,19?,20-,21+/m0/s1. The van der Waals surface area contributed by atoms with Crippen molar-refractivity contribution in [1.82, 2.24) is 5.32 Å². The van der Waals surface area contributed by atoms with Crippen molar-refractivity contribution in [1.29, 1.82) is 0 Å². The molecular formula is C22H39NO5. The van der Waals surface area contributed by atoms with Crippen LogP contribution in [0, 0.1) is 11.8 Å². The Morgan fingerprint density at radius 1 is 1.18 bits per heavy atom. The molecule has 5 atom stereocenters. The summed E-state index contributed by atoms with van der Waals surface area (Å²) in [5.41, 5.74) is 0. The van der Waals surface area contributed by atoms with Gasteiger partial charge in [-0.05, 0) is 31.6 Å². The van der Waals surface area contributed by atoms with Gasteiger partial charge >= 0.3 is 0 Å². The summed E-state index contributed by atoms with van der Waals surface area (Å²) in [6.07, 6.45) is 12.9. The van der Waals surface area contributed by atoms with Crippen molar-refractivity contribution < 1.29 is 25.2 Å². The number of rotatable bonds is 14. The lowest BCUT2D eigenvalue weighted by Gasteiger charge is -2.19. The molecule has 6 heteroatoms. The third-order valence-electron chi connectivity index (χ3n) is 5.36. The van der Waals surface area contributed by atoms with E-state index in [1.54, 1.807) is 6.08 Å². The van der Waals surface area contributed by atoms with Gasteiger partial charge < -0.3 is 25.7 Å². The number of unbranched alkanes of at least 4 members (excludes halogenated alkanes) is 3. The van der Waals surface area contributed by atoms with E-state index in [2.05, 4.69) is 12.2 Å². The van der Waals surface area contributed by atoms with Crippen LogP contribution in [0.1, 0.15) is 64.7 Å². The van der Waals surface area contributed by atoms with E-state index < -0.39 is 18.3 Å². The van der Waals surface area contributed by atoms with Gasteiger partial charge in [-0.3, -0.25) is 4.79 Å². The summed E-state index contributed by atoms with van der Waals surface area (Å²) < 4.78 is 0. The zero-order valence-electron chi connectivity index (χ0n) is 17.2. The average Bonchev–Trinajstić information content (AvgIpc) is 2.94. The fourth-order valence-corrected chi connectivity index (χ4v) is 3.70. The first-order chi connectivity index (χ1) is 13.5. The van der Waals surface area contributed by atoms with E-state index in [1.807, 2.05) is 18.2 Å². The van der Waals surface area contributed by atoms with Crippen LogP contribution >= 0.6 is 0 Å². The number of carbonyl (C=O) groups excluding carboxylic acids is 1. The number of aliphatic hydroxyl groups is 4. The van der Waals surface area contributed by atoms with E-state index in [0.29, 0.717) is 25.8 Å². The van der Waals surface area contributed by atoms with E-state index in [-0.39, 0.29) is 24.3 Å². The second-order valence-corrected chi connectivity index (χ2v) is 7.73. The minimum absolute atomic E-state index is 0.0490. The van der Waals surface area contributed by atoms with Crippen LogP contribution in [-0.2, 0) is 4.79 Å². The number of carbonyl (C=O) groups is 1. The summed E-state index contributed by atoms with van der Waals surface area (Å²) >= 11 is 0. The van der Waals surface area contributed by atoms with Crippen LogP contribution in [0.4, 0.5) is 0 Å². The molecule has 5 N–H and O–H groups in total. The molecule has 6 nitrogen and oxygen atoms in total. The van der Waals surface area contributed by atoms with Gasteiger partial charge in [0, 0.05) is 25.3 Å². The molecule has 0 aromatic rings. The van der Waals surface area contributed by atoms with Crippen molar-refractivity contribution >= 4 is 5.91 Å². The molecule has 1 aliphatic carbocycles. The number of nitrogens with one attached hydrogen (secondary N) is 1.